The lowest BCUT2D eigenvalue weighted by molar-refractivity contribution is -0.0617. The normalized spacial score (nSPS) is 37.4. The molecule has 112 valence electrons. The fourth-order valence-electron chi connectivity index (χ4n) is 4.07. The Morgan fingerprint density at radius 3 is 2.74 bits per heavy atom. The standard InChI is InChI=1S/C16H32N2O/c1-4-7-16(9-5-10-17-12-16)14-18-11-6-8-15(2,13-18)19-3/h17H,4-14H2,1-3H3. The molecule has 2 aliphatic rings. The van der Waals surface area contributed by atoms with Crippen molar-refractivity contribution in [3.63, 3.8) is 0 Å². The van der Waals surface area contributed by atoms with E-state index >= 15 is 0 Å². The third kappa shape index (κ3) is 3.93. The van der Waals surface area contributed by atoms with Crippen LogP contribution in [0.1, 0.15) is 52.4 Å². The minimum absolute atomic E-state index is 0.0771. The molecule has 0 aliphatic carbocycles. The Morgan fingerprint density at radius 2 is 2.11 bits per heavy atom. The van der Waals surface area contributed by atoms with E-state index in [1.807, 2.05) is 7.11 Å². The van der Waals surface area contributed by atoms with Crippen molar-refractivity contribution in [1.82, 2.24) is 10.2 Å². The van der Waals surface area contributed by atoms with Crippen molar-refractivity contribution in [2.45, 2.75) is 58.0 Å². The van der Waals surface area contributed by atoms with E-state index < -0.39 is 0 Å². The van der Waals surface area contributed by atoms with Crippen LogP contribution in [0, 0.1) is 5.41 Å². The van der Waals surface area contributed by atoms with Gasteiger partial charge in [-0.15, -0.1) is 0 Å². The second-order valence-electron chi connectivity index (χ2n) is 7.00. The van der Waals surface area contributed by atoms with Crippen molar-refractivity contribution < 1.29 is 4.74 Å². The monoisotopic (exact) mass is 268 g/mol. The summed E-state index contributed by atoms with van der Waals surface area (Å²) in [4.78, 5) is 2.66. The van der Waals surface area contributed by atoms with Crippen LogP contribution in [0.3, 0.4) is 0 Å². The molecule has 3 nitrogen and oxygen atoms in total. The summed E-state index contributed by atoms with van der Waals surface area (Å²) in [5, 5.41) is 3.63. The SMILES string of the molecule is CCCC1(CN2CCCC(C)(OC)C2)CCCNC1. The average molecular weight is 268 g/mol. The minimum atomic E-state index is 0.0771. The van der Waals surface area contributed by atoms with Gasteiger partial charge in [0.05, 0.1) is 5.60 Å². The largest absolute Gasteiger partial charge is 0.377 e. The summed E-state index contributed by atoms with van der Waals surface area (Å²) >= 11 is 0. The molecule has 0 aromatic carbocycles. The Balaban J connectivity index is 1.96. The third-order valence-electron chi connectivity index (χ3n) is 5.13. The van der Waals surface area contributed by atoms with Gasteiger partial charge in [-0.1, -0.05) is 13.3 Å². The second-order valence-corrected chi connectivity index (χ2v) is 7.00. The van der Waals surface area contributed by atoms with Crippen LogP contribution in [-0.2, 0) is 4.74 Å². The molecule has 2 unspecified atom stereocenters. The summed E-state index contributed by atoms with van der Waals surface area (Å²) < 4.78 is 5.73. The summed E-state index contributed by atoms with van der Waals surface area (Å²) in [5.74, 6) is 0. The summed E-state index contributed by atoms with van der Waals surface area (Å²) in [7, 11) is 1.87. The van der Waals surface area contributed by atoms with Gasteiger partial charge in [-0.05, 0) is 57.5 Å². The molecule has 2 rings (SSSR count). The molecular formula is C16H32N2O. The Kier molecular flexibility index (Phi) is 5.27. The molecule has 2 aliphatic heterocycles. The van der Waals surface area contributed by atoms with Crippen molar-refractivity contribution in [3.05, 3.63) is 0 Å². The molecule has 0 radical (unpaired) electrons. The van der Waals surface area contributed by atoms with Crippen LogP contribution in [0.15, 0.2) is 0 Å². The predicted molar refractivity (Wildman–Crippen MR) is 80.5 cm³/mol. The van der Waals surface area contributed by atoms with Crippen LogP contribution in [0.4, 0.5) is 0 Å². The van der Waals surface area contributed by atoms with Crippen molar-refractivity contribution >= 4 is 0 Å². The molecule has 0 amide bonds. The highest BCUT2D eigenvalue weighted by atomic mass is 16.5. The number of rotatable bonds is 5. The number of piperidine rings is 2. The van der Waals surface area contributed by atoms with Gasteiger partial charge < -0.3 is 10.1 Å². The number of hydrogen-bond acceptors (Lipinski definition) is 3. The van der Waals surface area contributed by atoms with E-state index in [2.05, 4.69) is 24.1 Å². The highest BCUT2D eigenvalue weighted by Gasteiger charge is 2.37. The highest BCUT2D eigenvalue weighted by molar-refractivity contribution is 4.92. The Hall–Kier alpha value is -0.120. The Bertz CT molecular complexity index is 270. The molecule has 2 saturated heterocycles. The van der Waals surface area contributed by atoms with Gasteiger partial charge in [0.15, 0.2) is 0 Å². The smallest absolute Gasteiger partial charge is 0.0777 e. The lowest BCUT2D eigenvalue weighted by atomic mass is 9.76. The maximum Gasteiger partial charge on any atom is 0.0777 e. The zero-order valence-corrected chi connectivity index (χ0v) is 13.1. The van der Waals surface area contributed by atoms with Gasteiger partial charge in [0, 0.05) is 26.7 Å². The lowest BCUT2D eigenvalue weighted by Crippen LogP contribution is -2.53. The fraction of sp³-hybridized carbons (Fsp3) is 1.00. The molecule has 0 aromatic heterocycles. The Morgan fingerprint density at radius 1 is 1.26 bits per heavy atom. The number of nitrogens with one attached hydrogen (secondary N) is 1. The van der Waals surface area contributed by atoms with E-state index in [0.29, 0.717) is 5.41 Å². The molecule has 19 heavy (non-hydrogen) atoms. The van der Waals surface area contributed by atoms with Gasteiger partial charge in [0.25, 0.3) is 0 Å². The van der Waals surface area contributed by atoms with E-state index in [1.165, 1.54) is 64.7 Å². The molecule has 0 bridgehead atoms. The highest BCUT2D eigenvalue weighted by Crippen LogP contribution is 2.34. The molecular weight excluding hydrogens is 236 g/mol. The molecule has 0 saturated carbocycles. The molecule has 3 heteroatoms. The summed E-state index contributed by atoms with van der Waals surface area (Å²) in [6, 6.07) is 0. The summed E-state index contributed by atoms with van der Waals surface area (Å²) in [6.45, 7) is 10.6. The second kappa shape index (κ2) is 6.55. The van der Waals surface area contributed by atoms with E-state index in [-0.39, 0.29) is 5.60 Å². The van der Waals surface area contributed by atoms with Crippen LogP contribution < -0.4 is 5.32 Å². The first-order chi connectivity index (χ1) is 9.11. The Labute approximate surface area is 119 Å². The van der Waals surface area contributed by atoms with Crippen LogP contribution in [0.25, 0.3) is 0 Å². The van der Waals surface area contributed by atoms with Crippen LogP contribution >= 0.6 is 0 Å². The molecule has 2 heterocycles. The van der Waals surface area contributed by atoms with E-state index in [4.69, 9.17) is 4.74 Å². The van der Waals surface area contributed by atoms with Crippen molar-refractivity contribution in [2.24, 2.45) is 5.41 Å². The average Bonchev–Trinajstić information content (AvgIpc) is 2.40. The predicted octanol–water partition coefficient (Wildman–Crippen LogP) is 2.66. The van der Waals surface area contributed by atoms with Crippen molar-refractivity contribution in [2.75, 3.05) is 39.8 Å². The first kappa shape index (κ1) is 15.3. The quantitative estimate of drug-likeness (QED) is 0.829. The maximum absolute atomic E-state index is 5.73. The fourth-order valence-corrected chi connectivity index (χ4v) is 4.07. The zero-order chi connectivity index (χ0) is 13.8. The van der Waals surface area contributed by atoms with Gasteiger partial charge in [-0.2, -0.15) is 0 Å². The minimum Gasteiger partial charge on any atom is -0.377 e. The summed E-state index contributed by atoms with van der Waals surface area (Å²) in [6.07, 6.45) is 7.89. The molecule has 0 spiro atoms. The number of hydrogen-bond donors (Lipinski definition) is 1. The number of likely N-dealkylation sites (tertiary alicyclic amines) is 1. The topological polar surface area (TPSA) is 24.5 Å². The van der Waals surface area contributed by atoms with Crippen LogP contribution in [0.2, 0.25) is 0 Å². The van der Waals surface area contributed by atoms with Crippen LogP contribution in [0.5, 0.6) is 0 Å². The molecule has 2 fully saturated rings. The van der Waals surface area contributed by atoms with Gasteiger partial charge in [-0.25, -0.2) is 0 Å². The third-order valence-corrected chi connectivity index (χ3v) is 5.13. The van der Waals surface area contributed by atoms with E-state index in [1.54, 1.807) is 0 Å². The van der Waals surface area contributed by atoms with Gasteiger partial charge in [-0.3, -0.25) is 4.90 Å². The number of nitrogens with zero attached hydrogens (tertiary/aromatic N) is 1. The van der Waals surface area contributed by atoms with Gasteiger partial charge in [0.2, 0.25) is 0 Å². The van der Waals surface area contributed by atoms with Crippen LogP contribution in [-0.4, -0.2) is 50.3 Å². The first-order valence-corrected chi connectivity index (χ1v) is 8.10. The van der Waals surface area contributed by atoms with E-state index in [0.717, 1.165) is 6.54 Å². The van der Waals surface area contributed by atoms with Gasteiger partial charge in [0.1, 0.15) is 0 Å². The number of ether oxygens (including phenoxy) is 1. The lowest BCUT2D eigenvalue weighted by Gasteiger charge is -2.46. The van der Waals surface area contributed by atoms with E-state index in [9.17, 15) is 0 Å². The zero-order valence-electron chi connectivity index (χ0n) is 13.1. The van der Waals surface area contributed by atoms with Crippen molar-refractivity contribution in [3.8, 4) is 0 Å². The summed E-state index contributed by atoms with van der Waals surface area (Å²) in [5.41, 5.74) is 0.590. The maximum atomic E-state index is 5.73. The first-order valence-electron chi connectivity index (χ1n) is 8.10. The number of methoxy groups -OCH3 is 1. The molecule has 0 aromatic rings. The van der Waals surface area contributed by atoms with Crippen molar-refractivity contribution in [1.29, 1.82) is 0 Å². The molecule has 2 atom stereocenters. The molecule has 1 N–H and O–H groups in total. The van der Waals surface area contributed by atoms with Gasteiger partial charge >= 0.3 is 0 Å².